The van der Waals surface area contributed by atoms with Crippen LogP contribution in [0.2, 0.25) is 5.02 Å². The zero-order chi connectivity index (χ0) is 18.7. The van der Waals surface area contributed by atoms with Crippen LogP contribution in [-0.2, 0) is 16.8 Å². The summed E-state index contributed by atoms with van der Waals surface area (Å²) in [5.74, 6) is 1.28. The summed E-state index contributed by atoms with van der Waals surface area (Å²) in [4.78, 5) is 13.0. The molecule has 1 amide bonds. The van der Waals surface area contributed by atoms with Crippen molar-refractivity contribution in [1.29, 1.82) is 0 Å². The van der Waals surface area contributed by atoms with Crippen LogP contribution in [0.4, 0.5) is 0 Å². The van der Waals surface area contributed by atoms with Gasteiger partial charge in [0.2, 0.25) is 5.91 Å². The standard InChI is InChI=1S/C19H23ClN4O3.ClH/c20-15-12-14(13-16-17(15)27-11-10-26-16)2-6-22-18(25)19(3-7-21-8-4-19)24-9-1-5-23-24;/h1,5,9,12-13,21H,2-4,6-8,10-11H2,(H,22,25);1H. The third-order valence-corrected chi connectivity index (χ3v) is 5.43. The van der Waals surface area contributed by atoms with Crippen LogP contribution in [0.1, 0.15) is 18.4 Å². The van der Waals surface area contributed by atoms with Crippen molar-refractivity contribution in [3.8, 4) is 11.5 Å². The zero-order valence-corrected chi connectivity index (χ0v) is 17.0. The first-order valence-electron chi connectivity index (χ1n) is 9.26. The zero-order valence-electron chi connectivity index (χ0n) is 15.4. The molecule has 2 aromatic rings. The predicted octanol–water partition coefficient (Wildman–Crippen LogP) is 2.17. The van der Waals surface area contributed by atoms with E-state index in [-0.39, 0.29) is 18.3 Å². The van der Waals surface area contributed by atoms with Crippen molar-refractivity contribution in [2.45, 2.75) is 24.8 Å². The number of hydrogen-bond donors (Lipinski definition) is 2. The van der Waals surface area contributed by atoms with Gasteiger partial charge in [-0.05, 0) is 56.1 Å². The van der Waals surface area contributed by atoms with E-state index in [1.165, 1.54) is 0 Å². The van der Waals surface area contributed by atoms with Gasteiger partial charge in [0.25, 0.3) is 0 Å². The van der Waals surface area contributed by atoms with Gasteiger partial charge < -0.3 is 20.1 Å². The molecule has 2 N–H and O–H groups in total. The second-order valence-electron chi connectivity index (χ2n) is 6.84. The van der Waals surface area contributed by atoms with Gasteiger partial charge in [0.1, 0.15) is 18.8 Å². The fourth-order valence-corrected chi connectivity index (χ4v) is 4.00. The van der Waals surface area contributed by atoms with Crippen molar-refractivity contribution in [3.63, 3.8) is 0 Å². The Balaban J connectivity index is 0.00000225. The summed E-state index contributed by atoms with van der Waals surface area (Å²) in [6.45, 7) is 3.14. The first-order chi connectivity index (χ1) is 13.2. The molecule has 1 saturated heterocycles. The number of nitrogens with one attached hydrogen (secondary N) is 2. The molecule has 4 rings (SSSR count). The maximum absolute atomic E-state index is 13.0. The Bertz CT molecular complexity index is 808. The van der Waals surface area contributed by atoms with Gasteiger partial charge >= 0.3 is 0 Å². The number of carbonyl (C=O) groups is 1. The minimum absolute atomic E-state index is 0. The summed E-state index contributed by atoms with van der Waals surface area (Å²) in [5, 5.41) is 11.3. The summed E-state index contributed by atoms with van der Waals surface area (Å²) in [6, 6.07) is 5.66. The molecule has 0 bridgehead atoms. The first-order valence-corrected chi connectivity index (χ1v) is 9.64. The molecular weight excluding hydrogens is 403 g/mol. The molecule has 28 heavy (non-hydrogen) atoms. The van der Waals surface area contributed by atoms with Crippen LogP contribution >= 0.6 is 24.0 Å². The van der Waals surface area contributed by atoms with Crippen molar-refractivity contribution in [3.05, 3.63) is 41.2 Å². The number of rotatable bonds is 5. The van der Waals surface area contributed by atoms with E-state index in [0.717, 1.165) is 31.5 Å². The van der Waals surface area contributed by atoms with E-state index >= 15 is 0 Å². The smallest absolute Gasteiger partial charge is 0.248 e. The number of fused-ring (bicyclic) bond motifs is 1. The Morgan fingerprint density at radius 1 is 1.29 bits per heavy atom. The van der Waals surface area contributed by atoms with Gasteiger partial charge in [0.05, 0.1) is 5.02 Å². The Hall–Kier alpha value is -1.96. The molecule has 0 spiro atoms. The van der Waals surface area contributed by atoms with Gasteiger partial charge in [0.15, 0.2) is 11.5 Å². The molecule has 2 aliphatic heterocycles. The maximum atomic E-state index is 13.0. The molecule has 1 fully saturated rings. The van der Waals surface area contributed by atoms with E-state index in [2.05, 4.69) is 15.7 Å². The molecule has 7 nitrogen and oxygen atoms in total. The van der Waals surface area contributed by atoms with Crippen LogP contribution in [0.5, 0.6) is 11.5 Å². The van der Waals surface area contributed by atoms with Gasteiger partial charge in [-0.3, -0.25) is 9.48 Å². The largest absolute Gasteiger partial charge is 0.486 e. The van der Waals surface area contributed by atoms with Crippen LogP contribution in [0.3, 0.4) is 0 Å². The maximum Gasteiger partial charge on any atom is 0.248 e. The number of piperidine rings is 1. The Morgan fingerprint density at radius 3 is 2.82 bits per heavy atom. The minimum Gasteiger partial charge on any atom is -0.486 e. The fraction of sp³-hybridized carbons (Fsp3) is 0.474. The molecule has 0 aliphatic carbocycles. The summed E-state index contributed by atoms with van der Waals surface area (Å²) in [6.07, 6.45) is 5.68. The molecule has 152 valence electrons. The summed E-state index contributed by atoms with van der Waals surface area (Å²) in [5.41, 5.74) is 0.377. The van der Waals surface area contributed by atoms with E-state index in [9.17, 15) is 4.79 Å². The van der Waals surface area contributed by atoms with Crippen LogP contribution in [-0.4, -0.2) is 48.5 Å². The highest BCUT2D eigenvalue weighted by Gasteiger charge is 2.41. The number of nitrogens with zero attached hydrogens (tertiary/aromatic N) is 2. The number of aromatic nitrogens is 2. The third kappa shape index (κ3) is 4.06. The Morgan fingerprint density at radius 2 is 2.07 bits per heavy atom. The molecule has 2 aliphatic rings. The highest BCUT2D eigenvalue weighted by atomic mass is 35.5. The summed E-state index contributed by atoms with van der Waals surface area (Å²) < 4.78 is 13.0. The number of carbonyl (C=O) groups excluding carboxylic acids is 1. The van der Waals surface area contributed by atoms with Crippen LogP contribution < -0.4 is 20.1 Å². The van der Waals surface area contributed by atoms with Crippen LogP contribution in [0.25, 0.3) is 0 Å². The molecule has 0 unspecified atom stereocenters. The fourth-order valence-electron chi connectivity index (χ4n) is 3.72. The van der Waals surface area contributed by atoms with E-state index in [1.807, 2.05) is 24.4 Å². The van der Waals surface area contributed by atoms with Gasteiger partial charge in [-0.1, -0.05) is 11.6 Å². The first kappa shape index (κ1) is 20.8. The van der Waals surface area contributed by atoms with Crippen molar-refractivity contribution in [2.75, 3.05) is 32.8 Å². The Labute approximate surface area is 175 Å². The second kappa shape index (κ2) is 9.03. The third-order valence-electron chi connectivity index (χ3n) is 5.15. The van der Waals surface area contributed by atoms with Crippen LogP contribution in [0.15, 0.2) is 30.6 Å². The highest BCUT2D eigenvalue weighted by Crippen LogP contribution is 2.38. The topological polar surface area (TPSA) is 77.4 Å². The van der Waals surface area contributed by atoms with Crippen molar-refractivity contribution in [1.82, 2.24) is 20.4 Å². The van der Waals surface area contributed by atoms with Crippen molar-refractivity contribution >= 4 is 29.9 Å². The Kier molecular flexibility index (Phi) is 6.69. The summed E-state index contributed by atoms with van der Waals surface area (Å²) in [7, 11) is 0. The number of ether oxygens (including phenoxy) is 2. The lowest BCUT2D eigenvalue weighted by Gasteiger charge is -2.36. The monoisotopic (exact) mass is 426 g/mol. The molecule has 0 atom stereocenters. The van der Waals surface area contributed by atoms with E-state index in [4.69, 9.17) is 21.1 Å². The average Bonchev–Trinajstić information content (AvgIpc) is 3.24. The lowest BCUT2D eigenvalue weighted by atomic mass is 9.87. The molecular formula is C19H24Cl2N4O3. The van der Waals surface area contributed by atoms with Gasteiger partial charge in [-0.2, -0.15) is 5.10 Å². The van der Waals surface area contributed by atoms with E-state index in [1.54, 1.807) is 10.9 Å². The SMILES string of the molecule is Cl.O=C(NCCc1cc(Cl)c2c(c1)OCCO2)C1(n2cccn2)CCNCC1. The number of amides is 1. The van der Waals surface area contributed by atoms with Crippen molar-refractivity contribution in [2.24, 2.45) is 0 Å². The van der Waals surface area contributed by atoms with E-state index < -0.39 is 5.54 Å². The van der Waals surface area contributed by atoms with Crippen LogP contribution in [0, 0.1) is 0 Å². The number of benzene rings is 1. The molecule has 3 heterocycles. The lowest BCUT2D eigenvalue weighted by Crippen LogP contribution is -2.54. The molecule has 9 heteroatoms. The quantitative estimate of drug-likeness (QED) is 0.765. The van der Waals surface area contributed by atoms with Gasteiger partial charge in [-0.15, -0.1) is 12.4 Å². The molecule has 0 radical (unpaired) electrons. The number of hydrogen-bond acceptors (Lipinski definition) is 5. The lowest BCUT2D eigenvalue weighted by molar-refractivity contribution is -0.131. The average molecular weight is 427 g/mol. The normalized spacial score (nSPS) is 17.5. The van der Waals surface area contributed by atoms with E-state index in [0.29, 0.717) is 42.7 Å². The highest BCUT2D eigenvalue weighted by molar-refractivity contribution is 6.32. The summed E-state index contributed by atoms with van der Waals surface area (Å²) >= 11 is 6.29. The minimum atomic E-state index is -0.626. The van der Waals surface area contributed by atoms with Gasteiger partial charge in [-0.25, -0.2) is 0 Å². The van der Waals surface area contributed by atoms with Crippen molar-refractivity contribution < 1.29 is 14.3 Å². The predicted molar refractivity (Wildman–Crippen MR) is 109 cm³/mol. The molecule has 1 aromatic carbocycles. The second-order valence-corrected chi connectivity index (χ2v) is 7.25. The van der Waals surface area contributed by atoms with Gasteiger partial charge in [0, 0.05) is 18.9 Å². The number of halogens is 2. The molecule has 0 saturated carbocycles. The molecule has 1 aromatic heterocycles.